The fourth-order valence-corrected chi connectivity index (χ4v) is 2.29. The summed E-state index contributed by atoms with van der Waals surface area (Å²) in [6.45, 7) is 6.33. The molecule has 2 aliphatic rings. The van der Waals surface area contributed by atoms with E-state index in [0.717, 1.165) is 32.5 Å². The third-order valence-electron chi connectivity index (χ3n) is 3.71. The van der Waals surface area contributed by atoms with Crippen molar-refractivity contribution in [2.24, 2.45) is 0 Å². The summed E-state index contributed by atoms with van der Waals surface area (Å²) in [6.07, 6.45) is 2.81. The Morgan fingerprint density at radius 1 is 1.53 bits per heavy atom. The van der Waals surface area contributed by atoms with E-state index >= 15 is 0 Å². The molecule has 2 aliphatic heterocycles. The van der Waals surface area contributed by atoms with Gasteiger partial charge in [-0.2, -0.15) is 0 Å². The Bertz CT molecular complexity index is 251. The van der Waals surface area contributed by atoms with Crippen molar-refractivity contribution >= 4 is 5.91 Å². The highest BCUT2D eigenvalue weighted by molar-refractivity contribution is 5.88. The number of nitrogens with zero attached hydrogens (tertiary/aromatic N) is 1. The van der Waals surface area contributed by atoms with Crippen LogP contribution in [0.1, 0.15) is 33.1 Å². The summed E-state index contributed by atoms with van der Waals surface area (Å²) in [5.41, 5.74) is -0.335. The minimum Gasteiger partial charge on any atom is -0.381 e. The molecule has 0 aromatic carbocycles. The van der Waals surface area contributed by atoms with Gasteiger partial charge in [-0.05, 0) is 26.2 Å². The Hall–Kier alpha value is -0.610. The SMILES string of the molecule is CCC1(C)NCN(C2CCOCC2)C1=O. The summed E-state index contributed by atoms with van der Waals surface area (Å²) >= 11 is 0. The molecular weight excluding hydrogens is 192 g/mol. The second-order valence-corrected chi connectivity index (χ2v) is 4.64. The molecule has 15 heavy (non-hydrogen) atoms. The Morgan fingerprint density at radius 2 is 2.20 bits per heavy atom. The van der Waals surface area contributed by atoms with Crippen LogP contribution >= 0.6 is 0 Å². The molecule has 2 rings (SSSR count). The zero-order chi connectivity index (χ0) is 10.9. The zero-order valence-corrected chi connectivity index (χ0v) is 9.58. The first-order valence-electron chi connectivity index (χ1n) is 5.81. The molecule has 2 heterocycles. The molecule has 0 radical (unpaired) electrons. The van der Waals surface area contributed by atoms with E-state index in [2.05, 4.69) is 12.2 Å². The van der Waals surface area contributed by atoms with Gasteiger partial charge in [0.15, 0.2) is 0 Å². The smallest absolute Gasteiger partial charge is 0.243 e. The highest BCUT2D eigenvalue weighted by Crippen LogP contribution is 2.24. The van der Waals surface area contributed by atoms with E-state index in [1.807, 2.05) is 11.8 Å². The number of ether oxygens (including phenoxy) is 1. The molecule has 0 bridgehead atoms. The summed E-state index contributed by atoms with van der Waals surface area (Å²) in [5.74, 6) is 0.261. The van der Waals surface area contributed by atoms with E-state index in [4.69, 9.17) is 4.74 Å². The second-order valence-electron chi connectivity index (χ2n) is 4.64. The Kier molecular flexibility index (Phi) is 2.98. The van der Waals surface area contributed by atoms with Gasteiger partial charge < -0.3 is 9.64 Å². The third-order valence-corrected chi connectivity index (χ3v) is 3.71. The summed E-state index contributed by atoms with van der Waals surface area (Å²) in [6, 6.07) is 0.382. The first kappa shape index (κ1) is 10.9. The van der Waals surface area contributed by atoms with E-state index < -0.39 is 0 Å². The number of hydrogen-bond acceptors (Lipinski definition) is 3. The van der Waals surface area contributed by atoms with Gasteiger partial charge in [-0.1, -0.05) is 6.92 Å². The summed E-state index contributed by atoms with van der Waals surface area (Å²) in [4.78, 5) is 14.2. The predicted octanol–water partition coefficient (Wildman–Crippen LogP) is 0.723. The summed E-state index contributed by atoms with van der Waals surface area (Å²) in [7, 11) is 0. The molecular formula is C11H20N2O2. The molecule has 1 unspecified atom stereocenters. The van der Waals surface area contributed by atoms with Crippen molar-refractivity contribution < 1.29 is 9.53 Å². The maximum absolute atomic E-state index is 12.2. The fourth-order valence-electron chi connectivity index (χ4n) is 2.29. The van der Waals surface area contributed by atoms with Gasteiger partial charge >= 0.3 is 0 Å². The molecule has 86 valence electrons. The van der Waals surface area contributed by atoms with E-state index in [-0.39, 0.29) is 11.4 Å². The maximum Gasteiger partial charge on any atom is 0.243 e. The van der Waals surface area contributed by atoms with E-state index in [0.29, 0.717) is 12.7 Å². The summed E-state index contributed by atoms with van der Waals surface area (Å²) in [5, 5.41) is 3.32. The van der Waals surface area contributed by atoms with Crippen molar-refractivity contribution in [1.29, 1.82) is 0 Å². The molecule has 1 atom stereocenters. The van der Waals surface area contributed by atoms with Gasteiger partial charge in [0, 0.05) is 19.3 Å². The van der Waals surface area contributed by atoms with Gasteiger partial charge in [0.05, 0.1) is 12.2 Å². The summed E-state index contributed by atoms with van der Waals surface area (Å²) < 4.78 is 5.31. The highest BCUT2D eigenvalue weighted by Gasteiger charge is 2.43. The quantitative estimate of drug-likeness (QED) is 0.733. The normalized spacial score (nSPS) is 33.7. The van der Waals surface area contributed by atoms with Crippen LogP contribution in [0.25, 0.3) is 0 Å². The van der Waals surface area contributed by atoms with Crippen LogP contribution in [-0.2, 0) is 9.53 Å². The standard InChI is InChI=1S/C11H20N2O2/c1-3-11(2)10(14)13(8-12-11)9-4-6-15-7-5-9/h9,12H,3-8H2,1-2H3. The molecule has 2 saturated heterocycles. The van der Waals surface area contributed by atoms with Crippen LogP contribution in [0.4, 0.5) is 0 Å². The number of rotatable bonds is 2. The van der Waals surface area contributed by atoms with E-state index in [1.165, 1.54) is 0 Å². The predicted molar refractivity (Wildman–Crippen MR) is 57.4 cm³/mol. The van der Waals surface area contributed by atoms with Crippen LogP contribution in [0.15, 0.2) is 0 Å². The molecule has 2 fully saturated rings. The molecule has 0 saturated carbocycles. The number of carbonyl (C=O) groups is 1. The zero-order valence-electron chi connectivity index (χ0n) is 9.58. The lowest BCUT2D eigenvalue weighted by Crippen LogP contribution is -2.46. The number of nitrogens with one attached hydrogen (secondary N) is 1. The Labute approximate surface area is 91.0 Å². The maximum atomic E-state index is 12.2. The lowest BCUT2D eigenvalue weighted by atomic mass is 9.98. The van der Waals surface area contributed by atoms with Gasteiger partial charge in [0.1, 0.15) is 0 Å². The van der Waals surface area contributed by atoms with Crippen molar-refractivity contribution in [1.82, 2.24) is 10.2 Å². The Morgan fingerprint density at radius 3 is 2.73 bits per heavy atom. The van der Waals surface area contributed by atoms with Crippen molar-refractivity contribution in [2.45, 2.75) is 44.7 Å². The van der Waals surface area contributed by atoms with Crippen LogP contribution < -0.4 is 5.32 Å². The average Bonchev–Trinajstić information content (AvgIpc) is 2.58. The first-order chi connectivity index (χ1) is 7.17. The molecule has 0 aliphatic carbocycles. The monoisotopic (exact) mass is 212 g/mol. The van der Waals surface area contributed by atoms with Crippen LogP contribution in [0.5, 0.6) is 0 Å². The van der Waals surface area contributed by atoms with Crippen LogP contribution in [-0.4, -0.2) is 42.3 Å². The molecule has 1 N–H and O–H groups in total. The number of carbonyl (C=O) groups excluding carboxylic acids is 1. The van der Waals surface area contributed by atoms with E-state index in [9.17, 15) is 4.79 Å². The van der Waals surface area contributed by atoms with Crippen molar-refractivity contribution in [3.63, 3.8) is 0 Å². The molecule has 0 aromatic heterocycles. The van der Waals surface area contributed by atoms with Gasteiger partial charge in [-0.3, -0.25) is 10.1 Å². The molecule has 0 spiro atoms. The molecule has 0 aromatic rings. The van der Waals surface area contributed by atoms with E-state index in [1.54, 1.807) is 0 Å². The van der Waals surface area contributed by atoms with Gasteiger partial charge in [-0.15, -0.1) is 0 Å². The van der Waals surface area contributed by atoms with Gasteiger partial charge in [0.2, 0.25) is 5.91 Å². The minimum atomic E-state index is -0.335. The fraction of sp³-hybridized carbons (Fsp3) is 0.909. The lowest BCUT2D eigenvalue weighted by molar-refractivity contribution is -0.135. The first-order valence-corrected chi connectivity index (χ1v) is 5.81. The highest BCUT2D eigenvalue weighted by atomic mass is 16.5. The van der Waals surface area contributed by atoms with Crippen molar-refractivity contribution in [3.8, 4) is 0 Å². The van der Waals surface area contributed by atoms with Crippen LogP contribution in [0, 0.1) is 0 Å². The van der Waals surface area contributed by atoms with Gasteiger partial charge in [-0.25, -0.2) is 0 Å². The average molecular weight is 212 g/mol. The topological polar surface area (TPSA) is 41.6 Å². The van der Waals surface area contributed by atoms with Crippen molar-refractivity contribution in [3.05, 3.63) is 0 Å². The minimum absolute atomic E-state index is 0.261. The number of hydrogen-bond donors (Lipinski definition) is 1. The van der Waals surface area contributed by atoms with Crippen LogP contribution in [0.3, 0.4) is 0 Å². The third kappa shape index (κ3) is 1.88. The molecule has 1 amide bonds. The van der Waals surface area contributed by atoms with Crippen LogP contribution in [0.2, 0.25) is 0 Å². The second kappa shape index (κ2) is 4.10. The molecule has 4 heteroatoms. The Balaban J connectivity index is 2.02. The number of amides is 1. The lowest BCUT2D eigenvalue weighted by Gasteiger charge is -2.31. The largest absolute Gasteiger partial charge is 0.381 e. The van der Waals surface area contributed by atoms with Crippen molar-refractivity contribution in [2.75, 3.05) is 19.9 Å². The van der Waals surface area contributed by atoms with Gasteiger partial charge in [0.25, 0.3) is 0 Å². The molecule has 4 nitrogen and oxygen atoms in total.